The van der Waals surface area contributed by atoms with Gasteiger partial charge in [0.1, 0.15) is 5.75 Å². The van der Waals surface area contributed by atoms with E-state index < -0.39 is 9.84 Å². The summed E-state index contributed by atoms with van der Waals surface area (Å²) in [5.41, 5.74) is 6.68. The Balaban J connectivity index is 1.36. The van der Waals surface area contributed by atoms with Crippen molar-refractivity contribution in [1.29, 1.82) is 0 Å². The predicted molar refractivity (Wildman–Crippen MR) is 141 cm³/mol. The van der Waals surface area contributed by atoms with Gasteiger partial charge in [0.25, 0.3) is 0 Å². The molecule has 7 heteroatoms. The van der Waals surface area contributed by atoms with E-state index in [0.29, 0.717) is 23.8 Å². The maximum Gasteiger partial charge on any atom is 0.206 e. The second-order valence-corrected chi connectivity index (χ2v) is 11.9. The van der Waals surface area contributed by atoms with Gasteiger partial charge >= 0.3 is 0 Å². The zero-order valence-corrected chi connectivity index (χ0v) is 21.9. The first-order chi connectivity index (χ1) is 17.0. The fraction of sp³-hybridized carbons (Fsp3) is 0.571. The molecule has 0 amide bonds. The van der Waals surface area contributed by atoms with Crippen molar-refractivity contribution in [1.82, 2.24) is 9.80 Å². The Labute approximate surface area is 211 Å². The van der Waals surface area contributed by atoms with Crippen molar-refractivity contribution < 1.29 is 13.2 Å². The molecule has 2 aliphatic rings. The Bertz CT molecular complexity index is 1030. The van der Waals surface area contributed by atoms with Crippen LogP contribution in [-0.4, -0.2) is 63.6 Å². The Kier molecular flexibility index (Phi) is 9.22. The maximum absolute atomic E-state index is 13.2. The highest BCUT2D eigenvalue weighted by molar-refractivity contribution is 7.91. The number of benzene rings is 2. The highest BCUT2D eigenvalue weighted by Crippen LogP contribution is 2.29. The minimum atomic E-state index is -3.60. The summed E-state index contributed by atoms with van der Waals surface area (Å²) in [6.45, 7) is 7.78. The van der Waals surface area contributed by atoms with Crippen LogP contribution >= 0.6 is 0 Å². The van der Waals surface area contributed by atoms with Gasteiger partial charge in [-0.15, -0.1) is 0 Å². The van der Waals surface area contributed by atoms with Crippen LogP contribution in [0.25, 0.3) is 0 Å². The van der Waals surface area contributed by atoms with E-state index in [1.165, 1.54) is 32.1 Å². The van der Waals surface area contributed by atoms with E-state index in [4.69, 9.17) is 10.5 Å². The molecule has 1 atom stereocenters. The van der Waals surface area contributed by atoms with Crippen molar-refractivity contribution in [3.63, 3.8) is 0 Å². The van der Waals surface area contributed by atoms with Crippen LogP contribution in [0.5, 0.6) is 5.75 Å². The lowest BCUT2D eigenvalue weighted by atomic mass is 9.93. The molecule has 1 aliphatic carbocycles. The Hall–Kier alpha value is -1.93. The van der Waals surface area contributed by atoms with Crippen molar-refractivity contribution in [3.8, 4) is 5.75 Å². The van der Waals surface area contributed by atoms with Crippen molar-refractivity contribution >= 4 is 9.84 Å². The number of nitrogens with two attached hydrogens (primary N) is 1. The zero-order chi connectivity index (χ0) is 24.7. The number of hydrogen-bond acceptors (Lipinski definition) is 6. The molecule has 2 fully saturated rings. The van der Waals surface area contributed by atoms with Crippen LogP contribution in [0.3, 0.4) is 0 Å². The molecule has 1 saturated carbocycles. The van der Waals surface area contributed by atoms with Gasteiger partial charge in [-0.3, -0.25) is 9.80 Å². The Morgan fingerprint density at radius 1 is 0.943 bits per heavy atom. The van der Waals surface area contributed by atoms with Crippen molar-refractivity contribution in [2.45, 2.75) is 73.7 Å². The van der Waals surface area contributed by atoms with E-state index in [-0.39, 0.29) is 10.9 Å². The molecule has 2 aromatic carbocycles. The topological polar surface area (TPSA) is 75.9 Å². The zero-order valence-electron chi connectivity index (χ0n) is 21.1. The van der Waals surface area contributed by atoms with Crippen LogP contribution in [0.1, 0.15) is 63.5 Å². The third-order valence-electron chi connectivity index (χ3n) is 7.64. The molecule has 0 radical (unpaired) electrons. The second kappa shape index (κ2) is 12.3. The number of nitrogens with zero attached hydrogens (tertiary/aromatic N) is 2. The van der Waals surface area contributed by atoms with Gasteiger partial charge in [-0.25, -0.2) is 8.42 Å². The maximum atomic E-state index is 13.2. The van der Waals surface area contributed by atoms with Crippen LogP contribution in [0.4, 0.5) is 0 Å². The average Bonchev–Trinajstić information content (AvgIpc) is 2.91. The van der Waals surface area contributed by atoms with Crippen LogP contribution in [0.2, 0.25) is 0 Å². The summed E-state index contributed by atoms with van der Waals surface area (Å²) < 4.78 is 32.2. The Morgan fingerprint density at radius 2 is 1.66 bits per heavy atom. The lowest BCUT2D eigenvalue weighted by molar-refractivity contribution is 0.0602. The standard InChI is InChI=1S/C28H41N3O3S/c1-23(30-17-19-31(20-18-30)25-8-3-2-4-9-25)24-12-14-27(15-13-24)35(32,33)28-11-7-10-26(22-28)34-21-6-5-16-29/h7,10-15,22-23,25H,2-6,8-9,16-21,29H2,1H3/t23-/m0/s1. The van der Waals surface area contributed by atoms with Gasteiger partial charge in [0.2, 0.25) is 9.84 Å². The van der Waals surface area contributed by atoms with E-state index in [9.17, 15) is 8.42 Å². The molecule has 0 aromatic heterocycles. The quantitative estimate of drug-likeness (QED) is 0.480. The minimum Gasteiger partial charge on any atom is -0.494 e. The number of ether oxygens (including phenoxy) is 1. The molecule has 2 aromatic rings. The van der Waals surface area contributed by atoms with E-state index in [0.717, 1.165) is 50.6 Å². The van der Waals surface area contributed by atoms with Crippen molar-refractivity contribution in [2.75, 3.05) is 39.3 Å². The third-order valence-corrected chi connectivity index (χ3v) is 9.41. The fourth-order valence-corrected chi connectivity index (χ4v) is 6.67. The molecule has 0 bridgehead atoms. The molecule has 0 spiro atoms. The predicted octanol–water partition coefficient (Wildman–Crippen LogP) is 4.65. The molecular weight excluding hydrogens is 458 g/mol. The molecule has 6 nitrogen and oxygen atoms in total. The monoisotopic (exact) mass is 499 g/mol. The molecule has 4 rings (SSSR count). The normalized spacial score (nSPS) is 19.5. The smallest absolute Gasteiger partial charge is 0.206 e. The van der Waals surface area contributed by atoms with Gasteiger partial charge in [-0.2, -0.15) is 0 Å². The van der Waals surface area contributed by atoms with E-state index in [1.54, 1.807) is 36.4 Å². The summed E-state index contributed by atoms with van der Waals surface area (Å²) >= 11 is 0. The minimum absolute atomic E-state index is 0.258. The second-order valence-electron chi connectivity index (χ2n) is 9.93. The molecule has 35 heavy (non-hydrogen) atoms. The van der Waals surface area contributed by atoms with Crippen LogP contribution < -0.4 is 10.5 Å². The van der Waals surface area contributed by atoms with Gasteiger partial charge in [0.15, 0.2) is 0 Å². The van der Waals surface area contributed by atoms with Gasteiger partial charge in [-0.1, -0.05) is 37.5 Å². The fourth-order valence-electron chi connectivity index (χ4n) is 5.38. The number of rotatable bonds is 10. The summed E-state index contributed by atoms with van der Waals surface area (Å²) in [6, 6.07) is 15.2. The van der Waals surface area contributed by atoms with Gasteiger partial charge < -0.3 is 10.5 Å². The highest BCUT2D eigenvalue weighted by Gasteiger charge is 2.27. The number of sulfone groups is 1. The highest BCUT2D eigenvalue weighted by atomic mass is 32.2. The van der Waals surface area contributed by atoms with E-state index in [2.05, 4.69) is 16.7 Å². The molecule has 1 aliphatic heterocycles. The first kappa shape index (κ1) is 26.1. The molecule has 192 valence electrons. The van der Waals surface area contributed by atoms with Gasteiger partial charge in [-0.05, 0) is 75.0 Å². The molecular formula is C28H41N3O3S. The largest absolute Gasteiger partial charge is 0.494 e. The van der Waals surface area contributed by atoms with Crippen LogP contribution in [-0.2, 0) is 9.84 Å². The van der Waals surface area contributed by atoms with Crippen LogP contribution in [0, 0.1) is 0 Å². The summed E-state index contributed by atoms with van der Waals surface area (Å²) in [7, 11) is -3.60. The molecule has 1 saturated heterocycles. The molecule has 0 unspecified atom stereocenters. The third kappa shape index (κ3) is 6.64. The first-order valence-electron chi connectivity index (χ1n) is 13.2. The lowest BCUT2D eigenvalue weighted by Crippen LogP contribution is -2.51. The number of piperazine rings is 1. The number of hydrogen-bond donors (Lipinski definition) is 1. The summed E-state index contributed by atoms with van der Waals surface area (Å²) in [5, 5.41) is 0. The first-order valence-corrected chi connectivity index (χ1v) is 14.7. The van der Waals surface area contributed by atoms with Crippen LogP contribution in [0.15, 0.2) is 58.3 Å². The lowest BCUT2D eigenvalue weighted by Gasteiger charge is -2.42. The van der Waals surface area contributed by atoms with Gasteiger partial charge in [0, 0.05) is 38.3 Å². The summed E-state index contributed by atoms with van der Waals surface area (Å²) in [6.07, 6.45) is 8.60. The van der Waals surface area contributed by atoms with Crippen molar-refractivity contribution in [3.05, 3.63) is 54.1 Å². The summed E-state index contributed by atoms with van der Waals surface area (Å²) in [5.74, 6) is 0.570. The SMILES string of the molecule is C[C@@H](c1ccc(S(=O)(=O)c2cccc(OCCCCN)c2)cc1)N1CCN(C2CCCCC2)CC1. The van der Waals surface area contributed by atoms with E-state index >= 15 is 0 Å². The Morgan fingerprint density at radius 3 is 2.34 bits per heavy atom. The average molecular weight is 500 g/mol. The molecule has 1 heterocycles. The number of unbranched alkanes of at least 4 members (excludes halogenated alkanes) is 1. The van der Waals surface area contributed by atoms with Gasteiger partial charge in [0.05, 0.1) is 16.4 Å². The van der Waals surface area contributed by atoms with E-state index in [1.807, 2.05) is 12.1 Å². The molecule has 2 N–H and O–H groups in total. The summed E-state index contributed by atoms with van der Waals surface area (Å²) in [4.78, 5) is 5.78. The van der Waals surface area contributed by atoms with Crippen molar-refractivity contribution in [2.24, 2.45) is 5.73 Å².